The maximum absolute atomic E-state index is 12.9. The summed E-state index contributed by atoms with van der Waals surface area (Å²) in [5, 5.41) is 26.5. The van der Waals surface area contributed by atoms with E-state index in [1.807, 2.05) is 0 Å². The van der Waals surface area contributed by atoms with Crippen LogP contribution in [0.2, 0.25) is 0 Å². The van der Waals surface area contributed by atoms with Crippen LogP contribution in [0.4, 0.5) is 10.1 Å². The van der Waals surface area contributed by atoms with Gasteiger partial charge in [0.2, 0.25) is 5.91 Å². The molecule has 3 aromatic carbocycles. The SMILES string of the molecule is CC(O)C(NC(=O)c1ccc(C#CC#Cc2ccc(NC(=O)CNCc3ccc(F)cc3)cc2)cc1)C(=O)NO. The lowest BCUT2D eigenvalue weighted by molar-refractivity contribution is -0.133. The molecule has 10 heteroatoms. The second kappa shape index (κ2) is 14.8. The molecule has 204 valence electrons. The first-order valence-electron chi connectivity index (χ1n) is 12.1. The van der Waals surface area contributed by atoms with Crippen molar-refractivity contribution in [1.82, 2.24) is 16.1 Å². The molecule has 0 heterocycles. The van der Waals surface area contributed by atoms with Crippen molar-refractivity contribution < 1.29 is 29.1 Å². The van der Waals surface area contributed by atoms with Crippen LogP contribution in [0.15, 0.2) is 72.8 Å². The largest absolute Gasteiger partial charge is 0.391 e. The molecule has 6 N–H and O–H groups in total. The van der Waals surface area contributed by atoms with E-state index in [1.54, 1.807) is 48.5 Å². The summed E-state index contributed by atoms with van der Waals surface area (Å²) in [5.74, 6) is 9.19. The second-order valence-corrected chi connectivity index (χ2v) is 8.60. The van der Waals surface area contributed by atoms with Crippen LogP contribution in [0.5, 0.6) is 0 Å². The van der Waals surface area contributed by atoms with E-state index in [1.165, 1.54) is 36.7 Å². The molecule has 2 atom stereocenters. The summed E-state index contributed by atoms with van der Waals surface area (Å²) < 4.78 is 12.9. The van der Waals surface area contributed by atoms with Gasteiger partial charge < -0.3 is 21.1 Å². The minimum absolute atomic E-state index is 0.101. The Bertz CT molecular complexity index is 1450. The van der Waals surface area contributed by atoms with Crippen LogP contribution in [-0.4, -0.2) is 46.7 Å². The normalized spacial score (nSPS) is 11.5. The number of nitrogens with one attached hydrogen (secondary N) is 4. The maximum Gasteiger partial charge on any atom is 0.268 e. The molecule has 0 saturated carbocycles. The Hall–Kier alpha value is -5.00. The van der Waals surface area contributed by atoms with Crippen LogP contribution >= 0.6 is 0 Å². The van der Waals surface area contributed by atoms with Gasteiger partial charge in [0, 0.05) is 28.9 Å². The number of aliphatic hydroxyl groups excluding tert-OH is 1. The Balaban J connectivity index is 1.47. The average Bonchev–Trinajstić information content (AvgIpc) is 2.95. The van der Waals surface area contributed by atoms with Gasteiger partial charge >= 0.3 is 0 Å². The number of hydroxylamine groups is 1. The van der Waals surface area contributed by atoms with Gasteiger partial charge in [-0.25, -0.2) is 9.87 Å². The molecule has 0 fully saturated rings. The number of anilines is 1. The average molecular weight is 543 g/mol. The van der Waals surface area contributed by atoms with Crippen LogP contribution in [0.25, 0.3) is 0 Å². The summed E-state index contributed by atoms with van der Waals surface area (Å²) in [6.45, 7) is 1.85. The highest BCUT2D eigenvalue weighted by Gasteiger charge is 2.25. The fraction of sp³-hybridized carbons (Fsp3) is 0.167. The van der Waals surface area contributed by atoms with E-state index in [0.717, 1.165) is 5.56 Å². The Kier molecular flexibility index (Phi) is 10.9. The number of hydrogen-bond donors (Lipinski definition) is 6. The lowest BCUT2D eigenvalue weighted by Crippen LogP contribution is -2.51. The number of hydrogen-bond acceptors (Lipinski definition) is 6. The minimum atomic E-state index is -1.31. The van der Waals surface area contributed by atoms with Gasteiger partial charge in [0.25, 0.3) is 11.8 Å². The lowest BCUT2D eigenvalue weighted by Gasteiger charge is -2.19. The minimum Gasteiger partial charge on any atom is -0.391 e. The zero-order valence-corrected chi connectivity index (χ0v) is 21.5. The maximum atomic E-state index is 12.9. The number of benzene rings is 3. The number of rotatable bonds is 9. The first-order chi connectivity index (χ1) is 19.2. The van der Waals surface area contributed by atoms with E-state index in [0.29, 0.717) is 23.4 Å². The molecule has 0 aromatic heterocycles. The van der Waals surface area contributed by atoms with Crippen LogP contribution in [-0.2, 0) is 16.1 Å². The molecule has 3 aromatic rings. The smallest absolute Gasteiger partial charge is 0.268 e. The third-order valence-electron chi connectivity index (χ3n) is 5.48. The van der Waals surface area contributed by atoms with Crippen LogP contribution in [0.1, 0.15) is 34.0 Å². The second-order valence-electron chi connectivity index (χ2n) is 8.60. The van der Waals surface area contributed by atoms with E-state index >= 15 is 0 Å². The number of carbonyl (C=O) groups excluding carboxylic acids is 3. The van der Waals surface area contributed by atoms with E-state index in [-0.39, 0.29) is 23.8 Å². The summed E-state index contributed by atoms with van der Waals surface area (Å²) in [5.41, 5.74) is 4.44. The molecule has 0 bridgehead atoms. The van der Waals surface area contributed by atoms with Crippen molar-refractivity contribution in [1.29, 1.82) is 0 Å². The van der Waals surface area contributed by atoms with E-state index in [4.69, 9.17) is 5.21 Å². The molecule has 0 aliphatic carbocycles. The van der Waals surface area contributed by atoms with Gasteiger partial charge in [-0.05, 0) is 85.0 Å². The quantitative estimate of drug-likeness (QED) is 0.139. The zero-order chi connectivity index (χ0) is 28.9. The van der Waals surface area contributed by atoms with E-state index < -0.39 is 24.0 Å². The molecular formula is C30H27FN4O5. The van der Waals surface area contributed by atoms with Crippen LogP contribution in [0.3, 0.4) is 0 Å². The number of amides is 3. The molecule has 3 amide bonds. The number of aliphatic hydroxyl groups is 1. The Labute approximate surface area is 230 Å². The van der Waals surface area contributed by atoms with E-state index in [2.05, 4.69) is 39.6 Å². The van der Waals surface area contributed by atoms with Crippen LogP contribution < -0.4 is 21.4 Å². The molecule has 2 unspecified atom stereocenters. The monoisotopic (exact) mass is 542 g/mol. The Morgan fingerprint density at radius 1 is 0.875 bits per heavy atom. The third-order valence-corrected chi connectivity index (χ3v) is 5.48. The molecule has 9 nitrogen and oxygen atoms in total. The van der Waals surface area contributed by atoms with Crippen molar-refractivity contribution in [2.24, 2.45) is 0 Å². The molecule has 40 heavy (non-hydrogen) atoms. The Morgan fingerprint density at radius 3 is 2.00 bits per heavy atom. The van der Waals surface area contributed by atoms with Gasteiger partial charge in [0.05, 0.1) is 12.6 Å². The number of halogens is 1. The van der Waals surface area contributed by atoms with Gasteiger partial charge in [-0.1, -0.05) is 24.0 Å². The lowest BCUT2D eigenvalue weighted by atomic mass is 10.1. The standard InChI is InChI=1S/C30H27FN4O5/c1-20(36)28(30(39)35-40)34-29(38)24-12-6-21(7-13-24)4-2-3-5-22-10-16-26(17-11-22)33-27(37)19-32-18-23-8-14-25(31)15-9-23/h6-17,20,28,32,36,40H,18-19H2,1H3,(H,33,37)(H,34,38)(H,35,39). The molecule has 0 aliphatic heterocycles. The molecular weight excluding hydrogens is 515 g/mol. The predicted molar refractivity (Wildman–Crippen MR) is 146 cm³/mol. The summed E-state index contributed by atoms with van der Waals surface area (Å²) in [4.78, 5) is 36.0. The summed E-state index contributed by atoms with van der Waals surface area (Å²) in [6.07, 6.45) is -1.21. The van der Waals surface area contributed by atoms with Crippen LogP contribution in [0, 0.1) is 29.5 Å². The van der Waals surface area contributed by atoms with E-state index in [9.17, 15) is 23.9 Å². The molecule has 0 saturated heterocycles. The predicted octanol–water partition coefficient (Wildman–Crippen LogP) is 1.94. The molecule has 0 aliphatic rings. The summed E-state index contributed by atoms with van der Waals surface area (Å²) in [6, 6.07) is 17.9. The van der Waals surface area contributed by atoms with Crippen molar-refractivity contribution in [3.05, 3.63) is 101 Å². The van der Waals surface area contributed by atoms with Gasteiger partial charge in [-0.3, -0.25) is 19.6 Å². The zero-order valence-electron chi connectivity index (χ0n) is 21.5. The van der Waals surface area contributed by atoms with Crippen molar-refractivity contribution in [3.8, 4) is 23.7 Å². The van der Waals surface area contributed by atoms with Crippen molar-refractivity contribution >= 4 is 23.4 Å². The topological polar surface area (TPSA) is 140 Å². The van der Waals surface area contributed by atoms with Gasteiger partial charge in [0.15, 0.2) is 0 Å². The first kappa shape index (κ1) is 29.6. The van der Waals surface area contributed by atoms with Gasteiger partial charge in [-0.15, -0.1) is 0 Å². The molecule has 3 rings (SSSR count). The fourth-order valence-electron chi connectivity index (χ4n) is 3.38. The van der Waals surface area contributed by atoms with Crippen molar-refractivity contribution in [2.45, 2.75) is 25.6 Å². The van der Waals surface area contributed by atoms with Gasteiger partial charge in [-0.2, -0.15) is 0 Å². The first-order valence-corrected chi connectivity index (χ1v) is 12.1. The van der Waals surface area contributed by atoms with Crippen molar-refractivity contribution in [3.63, 3.8) is 0 Å². The summed E-state index contributed by atoms with van der Waals surface area (Å²) in [7, 11) is 0. The highest BCUT2D eigenvalue weighted by Crippen LogP contribution is 2.09. The highest BCUT2D eigenvalue weighted by molar-refractivity contribution is 5.97. The van der Waals surface area contributed by atoms with Crippen molar-refractivity contribution in [2.75, 3.05) is 11.9 Å². The van der Waals surface area contributed by atoms with Gasteiger partial charge in [0.1, 0.15) is 11.9 Å². The summed E-state index contributed by atoms with van der Waals surface area (Å²) >= 11 is 0. The highest BCUT2D eigenvalue weighted by atomic mass is 19.1. The Morgan fingerprint density at radius 2 is 1.45 bits per heavy atom. The number of carbonyl (C=O) groups is 3. The fourth-order valence-corrected chi connectivity index (χ4v) is 3.38. The molecule has 0 spiro atoms. The molecule has 0 radical (unpaired) electrons. The third kappa shape index (κ3) is 9.39.